The number of ether oxygens (including phenoxy) is 1. The number of hydrogen-bond acceptors (Lipinski definition) is 5. The van der Waals surface area contributed by atoms with Crippen LogP contribution in [0.5, 0.6) is 5.75 Å². The van der Waals surface area contributed by atoms with Crippen LogP contribution in [0.2, 0.25) is 10.0 Å². The molecule has 1 aliphatic rings. The van der Waals surface area contributed by atoms with Crippen LogP contribution in [0, 0.1) is 10.1 Å². The third-order valence-electron chi connectivity index (χ3n) is 5.13. The summed E-state index contributed by atoms with van der Waals surface area (Å²) in [5, 5.41) is 12.4. The molecule has 0 atom stereocenters. The molecule has 0 N–H and O–H groups in total. The van der Waals surface area contributed by atoms with Crippen LogP contribution in [0.4, 0.5) is 5.69 Å². The number of hydrogen-bond donors (Lipinski definition) is 0. The summed E-state index contributed by atoms with van der Waals surface area (Å²) in [4.78, 5) is 15.9. The van der Waals surface area contributed by atoms with Crippen LogP contribution in [0.25, 0.3) is 0 Å². The maximum Gasteiger partial charge on any atom is 0.311 e. The lowest BCUT2D eigenvalue weighted by Gasteiger charge is -2.32. The second kappa shape index (κ2) is 10.3. The highest BCUT2D eigenvalue weighted by Crippen LogP contribution is 2.30. The highest BCUT2D eigenvalue weighted by Gasteiger charge is 2.17. The summed E-state index contributed by atoms with van der Waals surface area (Å²) in [6.45, 7) is 5.54. The van der Waals surface area contributed by atoms with Crippen LogP contribution in [-0.4, -0.2) is 54.5 Å². The van der Waals surface area contributed by atoms with Gasteiger partial charge in [0.2, 0.25) is 0 Å². The standard InChI is InChI=1S/C21H25Cl2N3O3/c1-24-9-11-25(12-10-24)8-2-3-16-5-7-21(20(14-16)26(27)28)29-15-17-4-6-18(22)19(23)13-17/h4-7,13-14H,2-3,8-12,15H2,1H3. The Labute approximate surface area is 181 Å². The van der Waals surface area contributed by atoms with Gasteiger partial charge in [-0.1, -0.05) is 35.3 Å². The predicted octanol–water partition coefficient (Wildman–Crippen LogP) is 4.66. The zero-order chi connectivity index (χ0) is 20.8. The van der Waals surface area contributed by atoms with Crippen LogP contribution >= 0.6 is 23.2 Å². The van der Waals surface area contributed by atoms with E-state index in [2.05, 4.69) is 16.8 Å². The summed E-state index contributed by atoms with van der Waals surface area (Å²) >= 11 is 11.9. The quantitative estimate of drug-likeness (QED) is 0.443. The fraction of sp³-hybridized carbons (Fsp3) is 0.429. The number of nitrogens with zero attached hydrogens (tertiary/aromatic N) is 3. The molecule has 29 heavy (non-hydrogen) atoms. The van der Waals surface area contributed by atoms with E-state index in [9.17, 15) is 10.1 Å². The van der Waals surface area contributed by atoms with Crippen LogP contribution in [0.3, 0.4) is 0 Å². The van der Waals surface area contributed by atoms with Crippen LogP contribution in [-0.2, 0) is 13.0 Å². The van der Waals surface area contributed by atoms with E-state index < -0.39 is 4.92 Å². The first-order valence-corrected chi connectivity index (χ1v) is 10.4. The molecule has 156 valence electrons. The summed E-state index contributed by atoms with van der Waals surface area (Å²) in [6.07, 6.45) is 1.78. The summed E-state index contributed by atoms with van der Waals surface area (Å²) in [5.74, 6) is 0.254. The van der Waals surface area contributed by atoms with Crippen LogP contribution < -0.4 is 4.74 Å². The molecule has 3 rings (SSSR count). The van der Waals surface area contributed by atoms with Crippen molar-refractivity contribution in [3.63, 3.8) is 0 Å². The molecule has 0 radical (unpaired) electrons. The smallest absolute Gasteiger partial charge is 0.311 e. The molecule has 1 fully saturated rings. The summed E-state index contributed by atoms with van der Waals surface area (Å²) < 4.78 is 5.69. The van der Waals surface area contributed by atoms with Gasteiger partial charge in [0, 0.05) is 32.2 Å². The van der Waals surface area contributed by atoms with Crippen LogP contribution in [0.15, 0.2) is 36.4 Å². The largest absolute Gasteiger partial charge is 0.482 e. The van der Waals surface area contributed by atoms with Crippen molar-refractivity contribution >= 4 is 28.9 Å². The maximum absolute atomic E-state index is 11.5. The van der Waals surface area contributed by atoms with Gasteiger partial charge in [0.25, 0.3) is 0 Å². The first-order chi connectivity index (χ1) is 13.9. The molecule has 1 saturated heterocycles. The highest BCUT2D eigenvalue weighted by molar-refractivity contribution is 6.42. The minimum Gasteiger partial charge on any atom is -0.482 e. The Morgan fingerprint density at radius 2 is 1.76 bits per heavy atom. The van der Waals surface area contributed by atoms with E-state index in [1.165, 1.54) is 0 Å². The number of piperazine rings is 1. The number of likely N-dealkylation sites (N-methyl/N-ethyl adjacent to an activating group) is 1. The van der Waals surface area contributed by atoms with E-state index >= 15 is 0 Å². The van der Waals surface area contributed by atoms with E-state index in [-0.39, 0.29) is 18.0 Å². The van der Waals surface area contributed by atoms with Gasteiger partial charge in [0.15, 0.2) is 5.75 Å². The number of rotatable bonds is 8. The third-order valence-corrected chi connectivity index (χ3v) is 5.87. The molecular formula is C21H25Cl2N3O3. The minimum absolute atomic E-state index is 0.0119. The number of aryl methyl sites for hydroxylation is 1. The molecule has 6 nitrogen and oxygen atoms in total. The van der Waals surface area contributed by atoms with Crippen molar-refractivity contribution in [3.05, 3.63) is 67.7 Å². The average Bonchev–Trinajstić information content (AvgIpc) is 2.70. The highest BCUT2D eigenvalue weighted by atomic mass is 35.5. The molecule has 8 heteroatoms. The molecule has 0 aromatic heterocycles. The zero-order valence-corrected chi connectivity index (χ0v) is 18.0. The Hall–Kier alpha value is -1.86. The first-order valence-electron chi connectivity index (χ1n) is 9.67. The summed E-state index contributed by atoms with van der Waals surface area (Å²) in [6, 6.07) is 10.4. The third kappa shape index (κ3) is 6.31. The van der Waals surface area contributed by atoms with Gasteiger partial charge in [-0.3, -0.25) is 10.1 Å². The molecule has 0 bridgehead atoms. The molecule has 0 unspecified atom stereocenters. The second-order valence-electron chi connectivity index (χ2n) is 7.34. The Balaban J connectivity index is 1.57. The number of nitro groups is 1. The summed E-state index contributed by atoms with van der Waals surface area (Å²) in [5.41, 5.74) is 1.74. The lowest BCUT2D eigenvalue weighted by Crippen LogP contribution is -2.44. The fourth-order valence-electron chi connectivity index (χ4n) is 3.35. The maximum atomic E-state index is 11.5. The Morgan fingerprint density at radius 1 is 1.03 bits per heavy atom. The monoisotopic (exact) mass is 437 g/mol. The van der Waals surface area contributed by atoms with Gasteiger partial charge >= 0.3 is 5.69 Å². The Morgan fingerprint density at radius 3 is 2.45 bits per heavy atom. The lowest BCUT2D eigenvalue weighted by molar-refractivity contribution is -0.386. The molecule has 1 heterocycles. The van der Waals surface area contributed by atoms with Crippen molar-refractivity contribution in [2.75, 3.05) is 39.8 Å². The molecule has 0 saturated carbocycles. The number of halogens is 2. The van der Waals surface area contributed by atoms with Crippen molar-refractivity contribution in [1.82, 2.24) is 9.80 Å². The van der Waals surface area contributed by atoms with Gasteiger partial charge in [0.1, 0.15) is 6.61 Å². The van der Waals surface area contributed by atoms with E-state index in [4.69, 9.17) is 27.9 Å². The molecule has 2 aromatic rings. The van der Waals surface area contributed by atoms with Crippen molar-refractivity contribution in [3.8, 4) is 5.75 Å². The normalized spacial score (nSPS) is 15.4. The molecule has 0 amide bonds. The van der Waals surface area contributed by atoms with E-state index in [1.54, 1.807) is 30.3 Å². The second-order valence-corrected chi connectivity index (χ2v) is 8.16. The van der Waals surface area contributed by atoms with Crippen molar-refractivity contribution in [2.45, 2.75) is 19.4 Å². The van der Waals surface area contributed by atoms with Gasteiger partial charge < -0.3 is 14.5 Å². The van der Waals surface area contributed by atoms with Crippen molar-refractivity contribution in [1.29, 1.82) is 0 Å². The molecule has 2 aromatic carbocycles. The van der Waals surface area contributed by atoms with Gasteiger partial charge in [-0.25, -0.2) is 0 Å². The summed E-state index contributed by atoms with van der Waals surface area (Å²) in [7, 11) is 2.14. The van der Waals surface area contributed by atoms with E-state index in [0.717, 1.165) is 56.7 Å². The van der Waals surface area contributed by atoms with Crippen molar-refractivity contribution in [2.24, 2.45) is 0 Å². The Bertz CT molecular complexity index is 855. The van der Waals surface area contributed by atoms with Gasteiger partial charge in [-0.2, -0.15) is 0 Å². The number of benzene rings is 2. The molecular weight excluding hydrogens is 413 g/mol. The Kier molecular flexibility index (Phi) is 7.72. The van der Waals surface area contributed by atoms with Gasteiger partial charge in [-0.05, 0) is 55.8 Å². The molecule has 0 spiro atoms. The number of nitro benzene ring substituents is 1. The fourth-order valence-corrected chi connectivity index (χ4v) is 3.67. The van der Waals surface area contributed by atoms with E-state index in [0.29, 0.717) is 10.0 Å². The van der Waals surface area contributed by atoms with Crippen LogP contribution in [0.1, 0.15) is 17.5 Å². The first kappa shape index (κ1) is 21.8. The van der Waals surface area contributed by atoms with E-state index in [1.807, 2.05) is 6.07 Å². The lowest BCUT2D eigenvalue weighted by atomic mass is 10.1. The van der Waals surface area contributed by atoms with Crippen molar-refractivity contribution < 1.29 is 9.66 Å². The molecule has 0 aliphatic carbocycles. The molecule has 1 aliphatic heterocycles. The predicted molar refractivity (Wildman–Crippen MR) is 116 cm³/mol. The van der Waals surface area contributed by atoms with Gasteiger partial charge in [0.05, 0.1) is 15.0 Å². The average molecular weight is 438 g/mol. The SMILES string of the molecule is CN1CCN(CCCc2ccc(OCc3ccc(Cl)c(Cl)c3)c([N+](=O)[O-])c2)CC1. The van der Waals surface area contributed by atoms with Gasteiger partial charge in [-0.15, -0.1) is 0 Å². The topological polar surface area (TPSA) is 58.8 Å². The minimum atomic E-state index is -0.395. The zero-order valence-electron chi connectivity index (χ0n) is 16.4.